The summed E-state index contributed by atoms with van der Waals surface area (Å²) in [7, 11) is 0. The van der Waals surface area contributed by atoms with Crippen LogP contribution in [0.15, 0.2) is 12.1 Å². The molecule has 5 heteroatoms. The molecule has 1 unspecified atom stereocenters. The molecular formula is C16H18N2O3. The molecular weight excluding hydrogens is 268 g/mol. The van der Waals surface area contributed by atoms with E-state index in [1.54, 1.807) is 4.90 Å². The van der Waals surface area contributed by atoms with E-state index in [1.165, 1.54) is 5.56 Å². The van der Waals surface area contributed by atoms with Crippen molar-refractivity contribution in [3.63, 3.8) is 0 Å². The molecule has 0 aliphatic carbocycles. The molecule has 1 saturated heterocycles. The van der Waals surface area contributed by atoms with Crippen molar-refractivity contribution in [2.24, 2.45) is 0 Å². The Labute approximate surface area is 123 Å². The third-order valence-corrected chi connectivity index (χ3v) is 4.29. The van der Waals surface area contributed by atoms with Crippen molar-refractivity contribution in [1.29, 1.82) is 0 Å². The van der Waals surface area contributed by atoms with E-state index in [1.807, 2.05) is 19.1 Å². The number of amides is 3. The van der Waals surface area contributed by atoms with Crippen LogP contribution in [-0.2, 0) is 22.6 Å². The molecule has 5 nitrogen and oxygen atoms in total. The summed E-state index contributed by atoms with van der Waals surface area (Å²) in [4.78, 5) is 37.4. The lowest BCUT2D eigenvalue weighted by molar-refractivity contribution is -0.136. The second-order valence-electron chi connectivity index (χ2n) is 5.70. The quantitative estimate of drug-likeness (QED) is 0.834. The summed E-state index contributed by atoms with van der Waals surface area (Å²) in [6.45, 7) is 4.47. The van der Waals surface area contributed by atoms with Gasteiger partial charge in [0.25, 0.3) is 5.91 Å². The number of benzene rings is 1. The van der Waals surface area contributed by atoms with Gasteiger partial charge in [0.2, 0.25) is 11.8 Å². The average Bonchev–Trinajstić information content (AvgIpc) is 2.76. The van der Waals surface area contributed by atoms with Crippen LogP contribution in [0.4, 0.5) is 0 Å². The minimum atomic E-state index is -0.535. The number of aryl methyl sites for hydroxylation is 2. The van der Waals surface area contributed by atoms with E-state index in [2.05, 4.69) is 12.2 Å². The van der Waals surface area contributed by atoms with Gasteiger partial charge in [-0.15, -0.1) is 0 Å². The Morgan fingerprint density at radius 1 is 1.29 bits per heavy atom. The fourth-order valence-corrected chi connectivity index (χ4v) is 3.21. The van der Waals surface area contributed by atoms with Gasteiger partial charge in [0.05, 0.1) is 0 Å². The topological polar surface area (TPSA) is 66.5 Å². The molecule has 2 aliphatic heterocycles. The van der Waals surface area contributed by atoms with Crippen molar-refractivity contribution in [2.75, 3.05) is 0 Å². The Balaban J connectivity index is 1.92. The molecule has 21 heavy (non-hydrogen) atoms. The summed E-state index contributed by atoms with van der Waals surface area (Å²) in [5.41, 5.74) is 3.87. The van der Waals surface area contributed by atoms with Gasteiger partial charge < -0.3 is 4.90 Å². The zero-order valence-corrected chi connectivity index (χ0v) is 12.2. The molecule has 0 aromatic heterocycles. The van der Waals surface area contributed by atoms with Crippen LogP contribution in [0.5, 0.6) is 0 Å². The van der Waals surface area contributed by atoms with E-state index in [0.29, 0.717) is 13.0 Å². The van der Waals surface area contributed by atoms with Crippen molar-refractivity contribution >= 4 is 17.7 Å². The standard InChI is InChI=1S/C16H18N2O3/c1-3-10-6-9(2)14-11(7-10)8-18(16(14)21)12-4-5-13(19)17-15(12)20/h6-7,12H,3-5,8H2,1-2H3,(H,17,19,20). The van der Waals surface area contributed by atoms with Crippen LogP contribution in [0.3, 0.4) is 0 Å². The highest BCUT2D eigenvalue weighted by molar-refractivity contribution is 6.06. The number of piperidine rings is 1. The molecule has 1 N–H and O–H groups in total. The van der Waals surface area contributed by atoms with Crippen LogP contribution in [0.25, 0.3) is 0 Å². The number of carbonyl (C=O) groups is 3. The van der Waals surface area contributed by atoms with Crippen molar-refractivity contribution in [3.8, 4) is 0 Å². The van der Waals surface area contributed by atoms with Gasteiger partial charge in [0.15, 0.2) is 0 Å². The van der Waals surface area contributed by atoms with Gasteiger partial charge in [-0.1, -0.05) is 19.1 Å². The molecule has 3 amide bonds. The van der Waals surface area contributed by atoms with Crippen molar-refractivity contribution in [3.05, 3.63) is 34.4 Å². The predicted molar refractivity (Wildman–Crippen MR) is 76.6 cm³/mol. The Morgan fingerprint density at radius 2 is 2.05 bits per heavy atom. The van der Waals surface area contributed by atoms with Gasteiger partial charge in [-0.2, -0.15) is 0 Å². The highest BCUT2D eigenvalue weighted by Crippen LogP contribution is 2.30. The van der Waals surface area contributed by atoms with Crippen LogP contribution in [0, 0.1) is 6.92 Å². The summed E-state index contributed by atoms with van der Waals surface area (Å²) in [6, 6.07) is 3.55. The van der Waals surface area contributed by atoms with Crippen LogP contribution in [0.2, 0.25) is 0 Å². The Hall–Kier alpha value is -2.17. The first-order chi connectivity index (χ1) is 10.0. The smallest absolute Gasteiger partial charge is 0.255 e. The highest BCUT2D eigenvalue weighted by Gasteiger charge is 2.39. The molecule has 0 saturated carbocycles. The van der Waals surface area contributed by atoms with Gasteiger partial charge in [-0.05, 0) is 36.5 Å². The van der Waals surface area contributed by atoms with Crippen LogP contribution in [0.1, 0.15) is 46.8 Å². The third-order valence-electron chi connectivity index (χ3n) is 4.29. The molecule has 2 aliphatic rings. The summed E-state index contributed by atoms with van der Waals surface area (Å²) in [6.07, 6.45) is 1.61. The van der Waals surface area contributed by atoms with Gasteiger partial charge >= 0.3 is 0 Å². The maximum atomic E-state index is 12.6. The van der Waals surface area contributed by atoms with Crippen LogP contribution >= 0.6 is 0 Å². The van der Waals surface area contributed by atoms with Crippen LogP contribution in [-0.4, -0.2) is 28.7 Å². The SMILES string of the molecule is CCc1cc(C)c2c(c1)CN(C1CCC(=O)NC1=O)C2=O. The summed E-state index contributed by atoms with van der Waals surface area (Å²) in [5, 5.41) is 2.32. The monoisotopic (exact) mass is 286 g/mol. The zero-order valence-electron chi connectivity index (χ0n) is 12.2. The molecule has 2 heterocycles. The minimum Gasteiger partial charge on any atom is -0.322 e. The lowest BCUT2D eigenvalue weighted by Crippen LogP contribution is -2.52. The van der Waals surface area contributed by atoms with Gasteiger partial charge in [-0.3, -0.25) is 19.7 Å². The predicted octanol–water partition coefficient (Wildman–Crippen LogP) is 1.32. The number of hydrogen-bond donors (Lipinski definition) is 1. The molecule has 110 valence electrons. The van der Waals surface area contributed by atoms with E-state index in [4.69, 9.17) is 0 Å². The molecule has 1 aromatic rings. The highest BCUT2D eigenvalue weighted by atomic mass is 16.2. The number of nitrogens with one attached hydrogen (secondary N) is 1. The number of rotatable bonds is 2. The third kappa shape index (κ3) is 2.22. The van der Waals surface area contributed by atoms with E-state index in [-0.39, 0.29) is 24.1 Å². The van der Waals surface area contributed by atoms with Crippen molar-refractivity contribution < 1.29 is 14.4 Å². The lowest BCUT2D eigenvalue weighted by Gasteiger charge is -2.29. The summed E-state index contributed by atoms with van der Waals surface area (Å²) >= 11 is 0. The van der Waals surface area contributed by atoms with E-state index in [9.17, 15) is 14.4 Å². The molecule has 0 spiro atoms. The van der Waals surface area contributed by atoms with Gasteiger partial charge in [0.1, 0.15) is 6.04 Å². The molecule has 1 fully saturated rings. The number of carbonyl (C=O) groups excluding carboxylic acids is 3. The molecule has 0 bridgehead atoms. The first-order valence-corrected chi connectivity index (χ1v) is 7.28. The first kappa shape index (κ1) is 13.8. The fraction of sp³-hybridized carbons (Fsp3) is 0.438. The van der Waals surface area contributed by atoms with Crippen molar-refractivity contribution in [2.45, 2.75) is 45.7 Å². The number of nitrogens with zero attached hydrogens (tertiary/aromatic N) is 1. The minimum absolute atomic E-state index is 0.0975. The number of imide groups is 1. The molecule has 1 aromatic carbocycles. The first-order valence-electron chi connectivity index (χ1n) is 7.28. The Morgan fingerprint density at radius 3 is 2.71 bits per heavy atom. The summed E-state index contributed by atoms with van der Waals surface area (Å²) in [5.74, 6) is -0.717. The Bertz CT molecular complexity index is 651. The molecule has 3 rings (SSSR count). The summed E-state index contributed by atoms with van der Waals surface area (Å²) < 4.78 is 0. The van der Waals surface area contributed by atoms with Crippen molar-refractivity contribution in [1.82, 2.24) is 10.2 Å². The second-order valence-corrected chi connectivity index (χ2v) is 5.70. The maximum absolute atomic E-state index is 12.6. The van der Waals surface area contributed by atoms with Gasteiger partial charge in [0, 0.05) is 18.5 Å². The zero-order chi connectivity index (χ0) is 15.1. The van der Waals surface area contributed by atoms with Gasteiger partial charge in [-0.25, -0.2) is 0 Å². The van der Waals surface area contributed by atoms with E-state index in [0.717, 1.165) is 23.1 Å². The normalized spacial score (nSPS) is 21.5. The Kier molecular flexibility index (Phi) is 3.27. The number of fused-ring (bicyclic) bond motifs is 1. The van der Waals surface area contributed by atoms with E-state index < -0.39 is 6.04 Å². The fourth-order valence-electron chi connectivity index (χ4n) is 3.21. The van der Waals surface area contributed by atoms with Crippen LogP contribution < -0.4 is 5.32 Å². The maximum Gasteiger partial charge on any atom is 0.255 e. The lowest BCUT2D eigenvalue weighted by atomic mass is 9.99. The second kappa shape index (κ2) is 4.98. The molecule has 0 radical (unpaired) electrons. The average molecular weight is 286 g/mol. The van der Waals surface area contributed by atoms with E-state index >= 15 is 0 Å². The largest absolute Gasteiger partial charge is 0.322 e. The molecule has 1 atom stereocenters. The number of hydrogen-bond acceptors (Lipinski definition) is 3.